The van der Waals surface area contributed by atoms with Gasteiger partial charge in [-0.2, -0.15) is 13.2 Å². The molecule has 2 heterocycles. The second-order valence-corrected chi connectivity index (χ2v) is 5.81. The highest BCUT2D eigenvalue weighted by Gasteiger charge is 2.42. The number of halogens is 3. The number of nitrogens with zero attached hydrogens (tertiary/aromatic N) is 1. The maximum absolute atomic E-state index is 12.8. The largest absolute Gasteiger partial charge is 0.393 e. The summed E-state index contributed by atoms with van der Waals surface area (Å²) in [7, 11) is 0. The minimum Gasteiger partial charge on any atom is -0.384 e. The summed E-state index contributed by atoms with van der Waals surface area (Å²) < 4.78 is 38.5. The van der Waals surface area contributed by atoms with Crippen molar-refractivity contribution in [3.8, 4) is 0 Å². The van der Waals surface area contributed by atoms with E-state index < -0.39 is 12.1 Å². The molecule has 2 unspecified atom stereocenters. The zero-order chi connectivity index (χ0) is 14.2. The SMILES string of the molecule is FC(F)(F)C1CCCN(CC2CNc3ccccc32)C1. The van der Waals surface area contributed by atoms with Crippen LogP contribution in [0.3, 0.4) is 0 Å². The van der Waals surface area contributed by atoms with Gasteiger partial charge in [0.15, 0.2) is 0 Å². The number of nitrogens with one attached hydrogen (secondary N) is 1. The minimum absolute atomic E-state index is 0.155. The van der Waals surface area contributed by atoms with Gasteiger partial charge in [0.05, 0.1) is 5.92 Å². The van der Waals surface area contributed by atoms with Gasteiger partial charge in [0, 0.05) is 31.2 Å². The number of alkyl halides is 3. The second-order valence-electron chi connectivity index (χ2n) is 5.81. The molecule has 0 aromatic heterocycles. The third-order valence-corrected chi connectivity index (χ3v) is 4.39. The van der Waals surface area contributed by atoms with Gasteiger partial charge in [0.2, 0.25) is 0 Å². The van der Waals surface area contributed by atoms with E-state index in [9.17, 15) is 13.2 Å². The Morgan fingerprint density at radius 3 is 2.85 bits per heavy atom. The highest BCUT2D eigenvalue weighted by atomic mass is 19.4. The van der Waals surface area contributed by atoms with Crippen molar-refractivity contribution in [2.24, 2.45) is 5.92 Å². The summed E-state index contributed by atoms with van der Waals surface area (Å²) in [6, 6.07) is 8.08. The summed E-state index contributed by atoms with van der Waals surface area (Å²) in [5.41, 5.74) is 2.36. The van der Waals surface area contributed by atoms with Crippen molar-refractivity contribution in [1.82, 2.24) is 4.90 Å². The average molecular weight is 284 g/mol. The van der Waals surface area contributed by atoms with Gasteiger partial charge in [-0.15, -0.1) is 0 Å². The lowest BCUT2D eigenvalue weighted by molar-refractivity contribution is -0.186. The Kier molecular flexibility index (Phi) is 3.63. The van der Waals surface area contributed by atoms with E-state index in [1.807, 2.05) is 23.1 Å². The highest BCUT2D eigenvalue weighted by Crippen LogP contribution is 2.36. The van der Waals surface area contributed by atoms with Crippen LogP contribution in [-0.2, 0) is 0 Å². The number of hydrogen-bond acceptors (Lipinski definition) is 2. The Hall–Kier alpha value is -1.23. The van der Waals surface area contributed by atoms with Crippen molar-refractivity contribution >= 4 is 5.69 Å². The predicted octanol–water partition coefficient (Wildman–Crippen LogP) is 3.47. The maximum atomic E-state index is 12.8. The molecule has 5 heteroatoms. The Morgan fingerprint density at radius 1 is 1.25 bits per heavy atom. The number of benzene rings is 1. The van der Waals surface area contributed by atoms with Crippen LogP contribution in [0.1, 0.15) is 24.3 Å². The smallest absolute Gasteiger partial charge is 0.384 e. The summed E-state index contributed by atoms with van der Waals surface area (Å²) in [5, 5.41) is 3.33. The fourth-order valence-electron chi connectivity index (χ4n) is 3.32. The molecule has 110 valence electrons. The number of anilines is 1. The van der Waals surface area contributed by atoms with E-state index >= 15 is 0 Å². The Morgan fingerprint density at radius 2 is 2.05 bits per heavy atom. The number of likely N-dealkylation sites (tertiary alicyclic amines) is 1. The van der Waals surface area contributed by atoms with Crippen molar-refractivity contribution in [3.63, 3.8) is 0 Å². The molecular weight excluding hydrogens is 265 g/mol. The first-order chi connectivity index (χ1) is 9.54. The number of para-hydroxylation sites is 1. The normalized spacial score (nSPS) is 27.1. The molecule has 0 bridgehead atoms. The van der Waals surface area contributed by atoms with E-state index in [2.05, 4.69) is 11.4 Å². The first-order valence-corrected chi connectivity index (χ1v) is 7.16. The van der Waals surface area contributed by atoms with E-state index in [-0.39, 0.29) is 13.0 Å². The van der Waals surface area contributed by atoms with Crippen LogP contribution in [0.25, 0.3) is 0 Å². The lowest BCUT2D eigenvalue weighted by atomic mass is 9.95. The molecule has 1 N–H and O–H groups in total. The van der Waals surface area contributed by atoms with E-state index in [1.54, 1.807) is 0 Å². The predicted molar refractivity (Wildman–Crippen MR) is 72.9 cm³/mol. The van der Waals surface area contributed by atoms with Gasteiger partial charge in [-0.25, -0.2) is 0 Å². The van der Waals surface area contributed by atoms with Crippen LogP contribution in [0.15, 0.2) is 24.3 Å². The van der Waals surface area contributed by atoms with E-state index in [1.165, 1.54) is 5.56 Å². The zero-order valence-corrected chi connectivity index (χ0v) is 11.3. The third-order valence-electron chi connectivity index (χ3n) is 4.39. The molecule has 1 saturated heterocycles. The molecule has 0 saturated carbocycles. The van der Waals surface area contributed by atoms with Crippen LogP contribution >= 0.6 is 0 Å². The molecule has 1 aromatic carbocycles. The van der Waals surface area contributed by atoms with Crippen LogP contribution in [0.5, 0.6) is 0 Å². The Labute approximate surface area is 117 Å². The number of hydrogen-bond donors (Lipinski definition) is 1. The Bertz CT molecular complexity index is 472. The summed E-state index contributed by atoms with van der Waals surface area (Å²) >= 11 is 0. The van der Waals surface area contributed by atoms with Crippen molar-refractivity contribution in [2.45, 2.75) is 24.9 Å². The lowest BCUT2D eigenvalue weighted by Gasteiger charge is -2.35. The van der Waals surface area contributed by atoms with Gasteiger partial charge in [-0.3, -0.25) is 0 Å². The minimum atomic E-state index is -4.05. The third kappa shape index (κ3) is 2.77. The van der Waals surface area contributed by atoms with Crippen LogP contribution in [0.4, 0.5) is 18.9 Å². The van der Waals surface area contributed by atoms with Crippen molar-refractivity contribution in [1.29, 1.82) is 0 Å². The number of rotatable bonds is 2. The number of piperidine rings is 1. The maximum Gasteiger partial charge on any atom is 0.393 e. The van der Waals surface area contributed by atoms with Crippen LogP contribution in [0.2, 0.25) is 0 Å². The average Bonchev–Trinajstić information content (AvgIpc) is 2.82. The van der Waals surface area contributed by atoms with Crippen LogP contribution < -0.4 is 5.32 Å². The second kappa shape index (κ2) is 5.28. The first kappa shape index (κ1) is 13.7. The van der Waals surface area contributed by atoms with Crippen molar-refractivity contribution in [2.75, 3.05) is 31.5 Å². The molecule has 0 radical (unpaired) electrons. The lowest BCUT2D eigenvalue weighted by Crippen LogP contribution is -2.43. The Balaban J connectivity index is 1.64. The quantitative estimate of drug-likeness (QED) is 0.894. The molecule has 3 rings (SSSR count). The topological polar surface area (TPSA) is 15.3 Å². The summed E-state index contributed by atoms with van der Waals surface area (Å²) in [6.07, 6.45) is -3.13. The standard InChI is InChI=1S/C15H19F3N2/c16-15(17,18)12-4-3-7-20(10-12)9-11-8-19-14-6-2-1-5-13(11)14/h1-2,5-6,11-12,19H,3-4,7-10H2. The highest BCUT2D eigenvalue weighted by molar-refractivity contribution is 5.57. The van der Waals surface area contributed by atoms with Gasteiger partial charge < -0.3 is 10.2 Å². The van der Waals surface area contributed by atoms with Crippen molar-refractivity contribution < 1.29 is 13.2 Å². The molecule has 0 aliphatic carbocycles. The molecule has 2 aliphatic rings. The van der Waals surface area contributed by atoms with Gasteiger partial charge in [-0.05, 0) is 31.0 Å². The molecule has 0 spiro atoms. The summed E-state index contributed by atoms with van der Waals surface area (Å²) in [4.78, 5) is 1.98. The van der Waals surface area contributed by atoms with Gasteiger partial charge in [-0.1, -0.05) is 18.2 Å². The fourth-order valence-corrected chi connectivity index (χ4v) is 3.32. The number of fused-ring (bicyclic) bond motifs is 1. The van der Waals surface area contributed by atoms with Crippen LogP contribution in [-0.4, -0.2) is 37.3 Å². The van der Waals surface area contributed by atoms with Crippen molar-refractivity contribution in [3.05, 3.63) is 29.8 Å². The summed E-state index contributed by atoms with van der Waals surface area (Å²) in [6.45, 7) is 2.48. The summed E-state index contributed by atoms with van der Waals surface area (Å²) in [5.74, 6) is -0.848. The van der Waals surface area contributed by atoms with Gasteiger partial charge in [0.25, 0.3) is 0 Å². The van der Waals surface area contributed by atoms with E-state index in [0.717, 1.165) is 25.3 Å². The molecule has 20 heavy (non-hydrogen) atoms. The monoisotopic (exact) mass is 284 g/mol. The molecule has 2 nitrogen and oxygen atoms in total. The molecule has 2 aliphatic heterocycles. The fraction of sp³-hybridized carbons (Fsp3) is 0.600. The van der Waals surface area contributed by atoms with Gasteiger partial charge in [0.1, 0.15) is 0 Å². The van der Waals surface area contributed by atoms with E-state index in [4.69, 9.17) is 0 Å². The molecule has 2 atom stereocenters. The van der Waals surface area contributed by atoms with Gasteiger partial charge >= 0.3 is 6.18 Å². The molecule has 1 aromatic rings. The van der Waals surface area contributed by atoms with Crippen LogP contribution in [0, 0.1) is 5.92 Å². The first-order valence-electron chi connectivity index (χ1n) is 7.16. The van der Waals surface area contributed by atoms with E-state index in [0.29, 0.717) is 12.3 Å². The molecule has 1 fully saturated rings. The zero-order valence-electron chi connectivity index (χ0n) is 11.3. The molecule has 0 amide bonds. The molecular formula is C15H19F3N2.